The van der Waals surface area contributed by atoms with E-state index in [2.05, 4.69) is 122 Å². The van der Waals surface area contributed by atoms with Crippen LogP contribution in [0.15, 0.2) is 108 Å². The second-order valence-corrected chi connectivity index (χ2v) is 12.8. The van der Waals surface area contributed by atoms with E-state index >= 15 is 0 Å². The van der Waals surface area contributed by atoms with E-state index in [1.807, 2.05) is 42.6 Å². The summed E-state index contributed by atoms with van der Waals surface area (Å²) in [6.45, 7) is 12.0. The Morgan fingerprint density at radius 3 is 2.29 bits per heavy atom. The Hall–Kier alpha value is -4.21. The number of ether oxygens (including phenoxy) is 1. The first-order chi connectivity index (χ1) is 21.3. The molecule has 0 saturated heterocycles. The quantitative estimate of drug-likeness (QED) is 0.159. The molecule has 0 bridgehead atoms. The van der Waals surface area contributed by atoms with Crippen LogP contribution in [-0.2, 0) is 26.5 Å². The van der Waals surface area contributed by atoms with Gasteiger partial charge in [0.2, 0.25) is 0 Å². The summed E-state index contributed by atoms with van der Waals surface area (Å²) in [4.78, 5) is 12.1. The van der Waals surface area contributed by atoms with Crippen LogP contribution in [0.2, 0.25) is 0 Å². The van der Waals surface area contributed by atoms with Crippen molar-refractivity contribution in [1.82, 2.24) is 9.55 Å². The molecule has 3 heterocycles. The van der Waals surface area contributed by atoms with Crippen molar-refractivity contribution < 1.29 is 25.8 Å². The van der Waals surface area contributed by atoms with Crippen LogP contribution in [0.5, 0.6) is 11.5 Å². The van der Waals surface area contributed by atoms with Crippen molar-refractivity contribution in [2.75, 3.05) is 11.4 Å². The third kappa shape index (κ3) is 5.94. The number of hydrogen-bond acceptors (Lipinski definition) is 4. The molecule has 0 fully saturated rings. The van der Waals surface area contributed by atoms with Crippen LogP contribution >= 0.6 is 0 Å². The zero-order valence-corrected chi connectivity index (χ0v) is 28.5. The third-order valence-corrected chi connectivity index (χ3v) is 8.39. The molecule has 2 aromatic heterocycles. The summed E-state index contributed by atoms with van der Waals surface area (Å²) >= 11 is 0. The second-order valence-electron chi connectivity index (χ2n) is 12.8. The number of para-hydroxylation sites is 1. The molecule has 0 radical (unpaired) electrons. The average molecular weight is 772 g/mol. The smallest absolute Gasteiger partial charge is 0.503 e. The van der Waals surface area contributed by atoms with Gasteiger partial charge in [-0.1, -0.05) is 82.6 Å². The van der Waals surface area contributed by atoms with Crippen LogP contribution in [0.4, 0.5) is 5.69 Å². The van der Waals surface area contributed by atoms with Gasteiger partial charge >= 0.3 is 21.1 Å². The maximum atomic E-state index is 6.42. The van der Waals surface area contributed by atoms with E-state index in [4.69, 9.17) is 9.73 Å². The fourth-order valence-electron chi connectivity index (χ4n) is 5.90. The van der Waals surface area contributed by atoms with Crippen molar-refractivity contribution >= 4 is 33.3 Å². The molecule has 5 nitrogen and oxygen atoms in total. The summed E-state index contributed by atoms with van der Waals surface area (Å²) < 4.78 is 8.56. The molecule has 0 spiro atoms. The van der Waals surface area contributed by atoms with Gasteiger partial charge in [-0.25, -0.2) is 4.98 Å². The minimum Gasteiger partial charge on any atom is -0.503 e. The van der Waals surface area contributed by atoms with E-state index in [-0.39, 0.29) is 32.5 Å². The molecule has 1 atom stereocenters. The predicted molar refractivity (Wildman–Crippen MR) is 180 cm³/mol. The van der Waals surface area contributed by atoms with E-state index in [0.717, 1.165) is 51.3 Å². The van der Waals surface area contributed by atoms with Gasteiger partial charge in [-0.3, -0.25) is 0 Å². The minimum atomic E-state index is 0. The zero-order chi connectivity index (χ0) is 30.4. The summed E-state index contributed by atoms with van der Waals surface area (Å²) in [6, 6.07) is 40.5. The largest absolute Gasteiger partial charge is 2.00 e. The van der Waals surface area contributed by atoms with Crippen molar-refractivity contribution in [3.63, 3.8) is 0 Å². The summed E-state index contributed by atoms with van der Waals surface area (Å²) in [7, 11) is 0. The monoisotopic (exact) mass is 771 g/mol. The number of anilines is 1. The number of fused-ring (bicyclic) bond motifs is 3. The minimum absolute atomic E-state index is 0. The van der Waals surface area contributed by atoms with Gasteiger partial charge in [-0.15, -0.1) is 41.3 Å². The second kappa shape index (κ2) is 12.3. The van der Waals surface area contributed by atoms with Crippen molar-refractivity contribution in [3.8, 4) is 17.3 Å². The molecule has 6 aromatic rings. The molecule has 1 unspecified atom stereocenters. The molecular weight excluding hydrogens is 736 g/mol. The Morgan fingerprint density at radius 1 is 0.800 bits per heavy atom. The van der Waals surface area contributed by atoms with Gasteiger partial charge in [0.05, 0.1) is 11.9 Å². The summed E-state index contributed by atoms with van der Waals surface area (Å²) in [5.74, 6) is 3.43. The van der Waals surface area contributed by atoms with Crippen LogP contribution in [0, 0.1) is 18.1 Å². The van der Waals surface area contributed by atoms with Gasteiger partial charge in [0, 0.05) is 35.4 Å². The third-order valence-electron chi connectivity index (χ3n) is 8.39. The van der Waals surface area contributed by atoms with Crippen molar-refractivity contribution in [2.45, 2.75) is 46.1 Å². The number of hydrogen-bond donors (Lipinski definition) is 0. The number of aliphatic imine (C=N–C) groups is 1. The molecular formula is C39H36N4OPt. The molecule has 0 N–H and O–H groups in total. The maximum absolute atomic E-state index is 6.42. The molecule has 45 heavy (non-hydrogen) atoms. The van der Waals surface area contributed by atoms with E-state index < -0.39 is 0 Å². The molecule has 7 rings (SSSR count). The van der Waals surface area contributed by atoms with Gasteiger partial charge in [0.1, 0.15) is 5.82 Å². The van der Waals surface area contributed by atoms with Crippen LogP contribution in [0.1, 0.15) is 45.7 Å². The van der Waals surface area contributed by atoms with E-state index in [1.54, 1.807) is 0 Å². The number of aromatic nitrogens is 2. The molecule has 228 valence electrons. The van der Waals surface area contributed by atoms with Crippen molar-refractivity contribution in [2.24, 2.45) is 10.9 Å². The van der Waals surface area contributed by atoms with Crippen LogP contribution < -0.4 is 9.64 Å². The Kier molecular flexibility index (Phi) is 8.41. The van der Waals surface area contributed by atoms with Gasteiger partial charge in [-0.05, 0) is 52.6 Å². The summed E-state index contributed by atoms with van der Waals surface area (Å²) in [5.41, 5.74) is 5.47. The first-order valence-electron chi connectivity index (χ1n) is 15.3. The molecule has 0 saturated carbocycles. The molecule has 4 aromatic carbocycles. The Bertz CT molecular complexity index is 1990. The molecule has 0 aliphatic carbocycles. The number of amidine groups is 1. The van der Waals surface area contributed by atoms with Crippen LogP contribution in [-0.4, -0.2) is 28.0 Å². The Morgan fingerprint density at radius 2 is 1.56 bits per heavy atom. The maximum Gasteiger partial charge on any atom is 2.00 e. The van der Waals surface area contributed by atoms with E-state index in [0.29, 0.717) is 17.4 Å². The molecule has 1 aliphatic heterocycles. The van der Waals surface area contributed by atoms with E-state index in [1.165, 1.54) is 5.56 Å². The average Bonchev–Trinajstić information content (AvgIpc) is 3.62. The Labute approximate surface area is 279 Å². The molecule has 6 heteroatoms. The normalized spacial score (nSPS) is 15.0. The van der Waals surface area contributed by atoms with Crippen LogP contribution in [0.3, 0.4) is 0 Å². The van der Waals surface area contributed by atoms with Crippen LogP contribution in [0.25, 0.3) is 27.6 Å². The number of rotatable bonds is 6. The van der Waals surface area contributed by atoms with Gasteiger partial charge in [0.25, 0.3) is 0 Å². The van der Waals surface area contributed by atoms with Gasteiger partial charge < -0.3 is 19.2 Å². The SMILES string of the molecule is CC(C)C1CN(c2ccc(C(C)(C)C)cc2)C(c2[c-]c(Oc3[c-]c4c(cc3)c3ccccc3n4-c3ccccn3)ccc2)=N1.[Pt+2]. The number of pyridine rings is 1. The van der Waals surface area contributed by atoms with Gasteiger partial charge in [0.15, 0.2) is 0 Å². The fourth-order valence-corrected chi connectivity index (χ4v) is 5.90. The standard InChI is InChI=1S/C39H36N4O.Pt/c1-26(2)34-25-42(29-18-16-28(17-19-29)39(3,4)5)38(41-34)27-11-10-12-30(23-27)44-31-20-21-33-32-13-6-7-14-35(32)43(36(33)24-31)37-15-8-9-22-40-37;/h6-22,26,34H,25H2,1-5H3;/q-2;+2. The summed E-state index contributed by atoms with van der Waals surface area (Å²) in [6.07, 6.45) is 1.81. The van der Waals surface area contributed by atoms with Crippen molar-refractivity contribution in [3.05, 3.63) is 127 Å². The number of nitrogens with zero attached hydrogens (tertiary/aromatic N) is 4. The predicted octanol–water partition coefficient (Wildman–Crippen LogP) is 9.16. The topological polar surface area (TPSA) is 42.6 Å². The Balaban J connectivity index is 0.00000357. The van der Waals surface area contributed by atoms with Crippen molar-refractivity contribution in [1.29, 1.82) is 0 Å². The first-order valence-corrected chi connectivity index (χ1v) is 15.3. The first kappa shape index (κ1) is 30.8. The van der Waals surface area contributed by atoms with Gasteiger partial charge in [-0.2, -0.15) is 6.07 Å². The number of benzene rings is 4. The zero-order valence-electron chi connectivity index (χ0n) is 26.2. The molecule has 1 aliphatic rings. The van der Waals surface area contributed by atoms with E-state index in [9.17, 15) is 0 Å². The summed E-state index contributed by atoms with van der Waals surface area (Å²) in [5, 5.41) is 2.25. The fraction of sp³-hybridized carbons (Fsp3) is 0.231. The molecule has 0 amide bonds.